The maximum Gasteiger partial charge on any atom is 0.227 e. The Labute approximate surface area is 158 Å². The zero-order valence-corrected chi connectivity index (χ0v) is 15.5. The zero-order valence-electron chi connectivity index (χ0n) is 14.7. The maximum absolute atomic E-state index is 13.3. The minimum absolute atomic E-state index is 0.0566. The average Bonchev–Trinajstić information content (AvgIpc) is 3.19. The highest BCUT2D eigenvalue weighted by Crippen LogP contribution is 2.43. The lowest BCUT2D eigenvalue weighted by Gasteiger charge is -2.30. The van der Waals surface area contributed by atoms with E-state index < -0.39 is 0 Å². The molecule has 4 rings (SSSR count). The quantitative estimate of drug-likeness (QED) is 0.890. The molecule has 2 saturated heterocycles. The summed E-state index contributed by atoms with van der Waals surface area (Å²) in [6.07, 6.45) is 0.203. The number of nitrogens with one attached hydrogen (secondary N) is 1. The fourth-order valence-electron chi connectivity index (χ4n) is 4.42. The highest BCUT2D eigenvalue weighted by molar-refractivity contribution is 6.31. The topological polar surface area (TPSA) is 32.3 Å². The van der Waals surface area contributed by atoms with Gasteiger partial charge < -0.3 is 10.2 Å². The second-order valence-electron chi connectivity index (χ2n) is 7.34. The van der Waals surface area contributed by atoms with Crippen molar-refractivity contribution in [3.63, 3.8) is 0 Å². The molecule has 0 aromatic heterocycles. The Morgan fingerprint density at radius 3 is 2.85 bits per heavy atom. The molecule has 5 heteroatoms. The van der Waals surface area contributed by atoms with Crippen LogP contribution in [0.3, 0.4) is 0 Å². The molecule has 2 aromatic carbocycles. The molecule has 2 fully saturated rings. The standard InChI is InChI=1S/C21H22ClFN2O/c1-13-4-2-3-5-17(13)21-18-11-24-10-15(18)12-25(21)20(26)8-14-6-7-16(23)9-19(14)22/h2-7,9,15,18,21,24H,8,10-12H2,1H3/t15-,18-,21+/m0/s1. The SMILES string of the molecule is Cc1ccccc1[C@@H]1[C@H]2CNC[C@H]2CN1C(=O)Cc1ccc(F)cc1Cl. The van der Waals surface area contributed by atoms with Crippen LogP contribution in [0.5, 0.6) is 0 Å². The van der Waals surface area contributed by atoms with E-state index in [1.165, 1.54) is 23.3 Å². The Morgan fingerprint density at radius 1 is 1.27 bits per heavy atom. The predicted octanol–water partition coefficient (Wildman–Crippen LogP) is 3.75. The number of hydrogen-bond acceptors (Lipinski definition) is 2. The molecule has 0 spiro atoms. The van der Waals surface area contributed by atoms with Crippen LogP contribution in [-0.2, 0) is 11.2 Å². The molecule has 0 aliphatic carbocycles. The molecule has 2 aliphatic heterocycles. The van der Waals surface area contributed by atoms with Crippen molar-refractivity contribution in [3.05, 3.63) is 70.0 Å². The van der Waals surface area contributed by atoms with E-state index in [1.54, 1.807) is 6.07 Å². The van der Waals surface area contributed by atoms with Gasteiger partial charge in [-0.2, -0.15) is 0 Å². The van der Waals surface area contributed by atoms with Gasteiger partial charge in [-0.15, -0.1) is 0 Å². The van der Waals surface area contributed by atoms with E-state index in [2.05, 4.69) is 24.4 Å². The average molecular weight is 373 g/mol. The molecule has 0 radical (unpaired) electrons. The monoisotopic (exact) mass is 372 g/mol. The lowest BCUT2D eigenvalue weighted by atomic mass is 9.87. The first kappa shape index (κ1) is 17.5. The van der Waals surface area contributed by atoms with Crippen LogP contribution in [0.2, 0.25) is 5.02 Å². The Kier molecular flexibility index (Phi) is 4.72. The van der Waals surface area contributed by atoms with Gasteiger partial charge in [0.15, 0.2) is 0 Å². The number of carbonyl (C=O) groups excluding carboxylic acids is 1. The van der Waals surface area contributed by atoms with Gasteiger partial charge in [-0.05, 0) is 41.7 Å². The first-order valence-corrected chi connectivity index (χ1v) is 9.42. The van der Waals surface area contributed by atoms with Gasteiger partial charge in [-0.1, -0.05) is 41.9 Å². The molecule has 3 atom stereocenters. The molecule has 2 aliphatic rings. The molecule has 0 bridgehead atoms. The van der Waals surface area contributed by atoms with Crippen LogP contribution in [-0.4, -0.2) is 30.4 Å². The Balaban J connectivity index is 1.63. The third-order valence-electron chi connectivity index (χ3n) is 5.75. The van der Waals surface area contributed by atoms with Crippen molar-refractivity contribution >= 4 is 17.5 Å². The lowest BCUT2D eigenvalue weighted by Crippen LogP contribution is -2.36. The summed E-state index contributed by atoms with van der Waals surface area (Å²) >= 11 is 6.13. The van der Waals surface area contributed by atoms with Crippen LogP contribution >= 0.6 is 11.6 Å². The number of carbonyl (C=O) groups is 1. The first-order valence-electron chi connectivity index (χ1n) is 9.04. The van der Waals surface area contributed by atoms with Gasteiger partial charge in [-0.25, -0.2) is 4.39 Å². The van der Waals surface area contributed by atoms with Crippen molar-refractivity contribution < 1.29 is 9.18 Å². The van der Waals surface area contributed by atoms with Crippen LogP contribution in [0.1, 0.15) is 22.7 Å². The number of aryl methyl sites for hydroxylation is 1. The number of nitrogens with zero attached hydrogens (tertiary/aromatic N) is 1. The smallest absolute Gasteiger partial charge is 0.227 e. The number of halogens is 2. The van der Waals surface area contributed by atoms with Gasteiger partial charge >= 0.3 is 0 Å². The van der Waals surface area contributed by atoms with E-state index in [-0.39, 0.29) is 24.2 Å². The molecule has 0 unspecified atom stereocenters. The van der Waals surface area contributed by atoms with E-state index in [9.17, 15) is 9.18 Å². The van der Waals surface area contributed by atoms with E-state index in [1.807, 2.05) is 17.0 Å². The largest absolute Gasteiger partial charge is 0.335 e. The van der Waals surface area contributed by atoms with E-state index in [4.69, 9.17) is 11.6 Å². The predicted molar refractivity (Wildman–Crippen MR) is 101 cm³/mol. The molecule has 2 heterocycles. The summed E-state index contributed by atoms with van der Waals surface area (Å²) in [6.45, 7) is 4.75. The Hall–Kier alpha value is -1.91. The van der Waals surface area contributed by atoms with Gasteiger partial charge in [0.2, 0.25) is 5.91 Å². The molecule has 1 N–H and O–H groups in total. The summed E-state index contributed by atoms with van der Waals surface area (Å²) in [5.74, 6) is 0.586. The third kappa shape index (κ3) is 3.12. The molecular weight excluding hydrogens is 351 g/mol. The van der Waals surface area contributed by atoms with Crippen molar-refractivity contribution in [2.24, 2.45) is 11.8 Å². The van der Waals surface area contributed by atoms with Crippen molar-refractivity contribution in [1.82, 2.24) is 10.2 Å². The first-order chi connectivity index (χ1) is 12.5. The van der Waals surface area contributed by atoms with E-state index in [0.717, 1.165) is 19.6 Å². The molecule has 2 aromatic rings. The fraction of sp³-hybridized carbons (Fsp3) is 0.381. The summed E-state index contributed by atoms with van der Waals surface area (Å²) in [4.78, 5) is 15.1. The van der Waals surface area contributed by atoms with E-state index >= 15 is 0 Å². The van der Waals surface area contributed by atoms with Gasteiger partial charge in [0, 0.05) is 30.6 Å². The number of likely N-dealkylation sites (tertiary alicyclic amines) is 1. The number of hydrogen-bond donors (Lipinski definition) is 1. The third-order valence-corrected chi connectivity index (χ3v) is 6.10. The summed E-state index contributed by atoms with van der Waals surface area (Å²) in [5, 5.41) is 3.78. The van der Waals surface area contributed by atoms with Gasteiger partial charge in [0.05, 0.1) is 12.5 Å². The van der Waals surface area contributed by atoms with Crippen LogP contribution in [0, 0.1) is 24.6 Å². The normalized spacial score (nSPS) is 24.7. The van der Waals surface area contributed by atoms with Crippen molar-refractivity contribution in [2.75, 3.05) is 19.6 Å². The second kappa shape index (κ2) is 7.01. The van der Waals surface area contributed by atoms with Crippen molar-refractivity contribution in [1.29, 1.82) is 0 Å². The molecular formula is C21H22ClFN2O. The minimum atomic E-state index is -0.384. The minimum Gasteiger partial charge on any atom is -0.335 e. The second-order valence-corrected chi connectivity index (χ2v) is 7.75. The molecule has 136 valence electrons. The van der Waals surface area contributed by atoms with Gasteiger partial charge in [0.1, 0.15) is 5.82 Å². The van der Waals surface area contributed by atoms with Crippen LogP contribution in [0.15, 0.2) is 42.5 Å². The molecule has 0 saturated carbocycles. The molecule has 26 heavy (non-hydrogen) atoms. The molecule has 1 amide bonds. The van der Waals surface area contributed by atoms with Gasteiger partial charge in [0.25, 0.3) is 0 Å². The summed E-state index contributed by atoms with van der Waals surface area (Å²) < 4.78 is 13.3. The van der Waals surface area contributed by atoms with Gasteiger partial charge in [-0.3, -0.25) is 4.79 Å². The van der Waals surface area contributed by atoms with Crippen molar-refractivity contribution in [2.45, 2.75) is 19.4 Å². The summed E-state index contributed by atoms with van der Waals surface area (Å²) in [5.41, 5.74) is 3.11. The lowest BCUT2D eigenvalue weighted by molar-refractivity contribution is -0.131. The summed E-state index contributed by atoms with van der Waals surface area (Å²) in [7, 11) is 0. The van der Waals surface area contributed by atoms with Crippen LogP contribution in [0.4, 0.5) is 4.39 Å². The fourth-order valence-corrected chi connectivity index (χ4v) is 4.66. The molecule has 3 nitrogen and oxygen atoms in total. The number of fused-ring (bicyclic) bond motifs is 1. The number of benzene rings is 2. The summed E-state index contributed by atoms with van der Waals surface area (Å²) in [6, 6.07) is 12.6. The van der Waals surface area contributed by atoms with Crippen molar-refractivity contribution in [3.8, 4) is 0 Å². The zero-order chi connectivity index (χ0) is 18.3. The highest BCUT2D eigenvalue weighted by atomic mass is 35.5. The Bertz CT molecular complexity index is 841. The number of rotatable bonds is 3. The highest BCUT2D eigenvalue weighted by Gasteiger charge is 2.46. The Morgan fingerprint density at radius 2 is 2.08 bits per heavy atom. The number of amides is 1. The van der Waals surface area contributed by atoms with Crippen LogP contribution in [0.25, 0.3) is 0 Å². The van der Waals surface area contributed by atoms with E-state index in [0.29, 0.717) is 22.4 Å². The maximum atomic E-state index is 13.3. The van der Waals surface area contributed by atoms with Crippen LogP contribution < -0.4 is 5.32 Å².